The first-order chi connectivity index (χ1) is 13.0. The van der Waals surface area contributed by atoms with Crippen LogP contribution in [0.5, 0.6) is 11.5 Å². The minimum absolute atomic E-state index is 0.0426. The third-order valence-corrected chi connectivity index (χ3v) is 4.38. The van der Waals surface area contributed by atoms with Gasteiger partial charge in [-0.25, -0.2) is 4.79 Å². The van der Waals surface area contributed by atoms with Gasteiger partial charge in [-0.05, 0) is 24.3 Å². The van der Waals surface area contributed by atoms with Gasteiger partial charge in [0.2, 0.25) is 0 Å². The highest BCUT2D eigenvalue weighted by molar-refractivity contribution is 6.32. The number of benzene rings is 2. The van der Waals surface area contributed by atoms with E-state index >= 15 is 0 Å². The van der Waals surface area contributed by atoms with Gasteiger partial charge in [0.05, 0.1) is 42.5 Å². The van der Waals surface area contributed by atoms with E-state index in [0.29, 0.717) is 16.9 Å². The fourth-order valence-electron chi connectivity index (χ4n) is 2.79. The summed E-state index contributed by atoms with van der Waals surface area (Å²) in [5.74, 6) is -0.866. The van der Waals surface area contributed by atoms with E-state index in [-0.39, 0.29) is 29.5 Å². The lowest BCUT2D eigenvalue weighted by atomic mass is 10.1. The Hall–Kier alpha value is -3.06. The minimum atomic E-state index is -0.658. The van der Waals surface area contributed by atoms with Crippen LogP contribution >= 0.6 is 11.6 Å². The number of methoxy groups -OCH3 is 2. The van der Waals surface area contributed by atoms with Crippen molar-refractivity contribution in [3.63, 3.8) is 0 Å². The zero-order valence-corrected chi connectivity index (χ0v) is 15.4. The lowest BCUT2D eigenvalue weighted by Gasteiger charge is -2.14. The van der Waals surface area contributed by atoms with Gasteiger partial charge in [0.25, 0.3) is 11.8 Å². The third kappa shape index (κ3) is 3.46. The summed E-state index contributed by atoms with van der Waals surface area (Å²) < 4.78 is 15.4. The molecule has 0 unspecified atom stereocenters. The van der Waals surface area contributed by atoms with Gasteiger partial charge in [-0.1, -0.05) is 23.7 Å². The Balaban J connectivity index is 1.65. The molecule has 1 aliphatic heterocycles. The third-order valence-electron chi connectivity index (χ3n) is 4.10. The lowest BCUT2D eigenvalue weighted by molar-refractivity contribution is 0.0420. The molecule has 2 amide bonds. The Labute approximate surface area is 160 Å². The summed E-state index contributed by atoms with van der Waals surface area (Å²) >= 11 is 6.07. The van der Waals surface area contributed by atoms with E-state index in [1.807, 2.05) is 0 Å². The quantitative estimate of drug-likeness (QED) is 0.558. The van der Waals surface area contributed by atoms with Gasteiger partial charge in [-0.3, -0.25) is 14.5 Å². The molecular formula is C19H16ClNO6. The molecular weight excluding hydrogens is 374 g/mol. The molecule has 7 nitrogen and oxygen atoms in total. The number of carbonyl (C=O) groups excluding carboxylic acids is 3. The summed E-state index contributed by atoms with van der Waals surface area (Å²) in [6.45, 7) is -0.185. The van der Waals surface area contributed by atoms with Crippen LogP contribution in [0.4, 0.5) is 0 Å². The SMILES string of the molecule is COc1cc(C(=O)OCCN2C(=O)c3ccccc3C2=O)cc(Cl)c1OC. The topological polar surface area (TPSA) is 82.1 Å². The number of ether oxygens (including phenoxy) is 3. The first-order valence-electron chi connectivity index (χ1n) is 8.01. The zero-order valence-electron chi connectivity index (χ0n) is 14.7. The van der Waals surface area contributed by atoms with Crippen molar-refractivity contribution >= 4 is 29.4 Å². The number of hydrogen-bond acceptors (Lipinski definition) is 6. The highest BCUT2D eigenvalue weighted by Crippen LogP contribution is 2.36. The van der Waals surface area contributed by atoms with Gasteiger partial charge in [0, 0.05) is 0 Å². The summed E-state index contributed by atoms with van der Waals surface area (Å²) in [5.41, 5.74) is 0.862. The molecule has 0 saturated carbocycles. The molecule has 0 N–H and O–H groups in total. The number of nitrogens with zero attached hydrogens (tertiary/aromatic N) is 1. The summed E-state index contributed by atoms with van der Waals surface area (Å²) in [6, 6.07) is 9.39. The minimum Gasteiger partial charge on any atom is -0.493 e. The number of esters is 1. The molecule has 0 spiro atoms. The Bertz CT molecular complexity index is 891. The number of amides is 2. The van der Waals surface area contributed by atoms with Crippen molar-refractivity contribution in [2.75, 3.05) is 27.4 Å². The summed E-state index contributed by atoms with van der Waals surface area (Å²) in [6.07, 6.45) is 0. The van der Waals surface area contributed by atoms with Crippen LogP contribution in [0.25, 0.3) is 0 Å². The van der Waals surface area contributed by atoms with Crippen molar-refractivity contribution in [1.29, 1.82) is 0 Å². The molecule has 1 heterocycles. The second-order valence-electron chi connectivity index (χ2n) is 5.64. The molecule has 0 bridgehead atoms. The van der Waals surface area contributed by atoms with Crippen LogP contribution in [0.1, 0.15) is 31.1 Å². The number of carbonyl (C=O) groups is 3. The molecule has 0 aromatic heterocycles. The van der Waals surface area contributed by atoms with Crippen LogP contribution in [0.3, 0.4) is 0 Å². The number of halogens is 1. The van der Waals surface area contributed by atoms with Crippen molar-refractivity contribution in [2.24, 2.45) is 0 Å². The highest BCUT2D eigenvalue weighted by Gasteiger charge is 2.34. The molecule has 140 valence electrons. The fourth-order valence-corrected chi connectivity index (χ4v) is 3.08. The van der Waals surface area contributed by atoms with Crippen LogP contribution < -0.4 is 9.47 Å². The van der Waals surface area contributed by atoms with E-state index in [4.69, 9.17) is 25.8 Å². The van der Waals surface area contributed by atoms with Crippen LogP contribution in [0.2, 0.25) is 5.02 Å². The van der Waals surface area contributed by atoms with Crippen LogP contribution in [0.15, 0.2) is 36.4 Å². The normalized spacial score (nSPS) is 12.8. The Morgan fingerprint density at radius 1 is 1.04 bits per heavy atom. The Morgan fingerprint density at radius 3 is 2.22 bits per heavy atom. The highest BCUT2D eigenvalue weighted by atomic mass is 35.5. The van der Waals surface area contributed by atoms with E-state index in [0.717, 1.165) is 4.90 Å². The number of rotatable bonds is 6. The van der Waals surface area contributed by atoms with Gasteiger partial charge >= 0.3 is 5.97 Å². The average molecular weight is 390 g/mol. The zero-order chi connectivity index (χ0) is 19.6. The van der Waals surface area contributed by atoms with Gasteiger partial charge in [-0.2, -0.15) is 0 Å². The average Bonchev–Trinajstić information content (AvgIpc) is 2.92. The fraction of sp³-hybridized carbons (Fsp3) is 0.211. The van der Waals surface area contributed by atoms with E-state index in [1.54, 1.807) is 24.3 Å². The van der Waals surface area contributed by atoms with Crippen molar-refractivity contribution in [2.45, 2.75) is 0 Å². The second kappa shape index (κ2) is 7.67. The molecule has 8 heteroatoms. The van der Waals surface area contributed by atoms with Gasteiger partial charge in [0.1, 0.15) is 6.61 Å². The van der Waals surface area contributed by atoms with E-state index < -0.39 is 17.8 Å². The van der Waals surface area contributed by atoms with Crippen molar-refractivity contribution in [1.82, 2.24) is 4.90 Å². The van der Waals surface area contributed by atoms with E-state index in [2.05, 4.69) is 0 Å². The lowest BCUT2D eigenvalue weighted by Crippen LogP contribution is -2.33. The predicted octanol–water partition coefficient (Wildman–Crippen LogP) is 2.81. The molecule has 3 rings (SSSR count). The molecule has 0 atom stereocenters. The van der Waals surface area contributed by atoms with Crippen LogP contribution in [-0.2, 0) is 4.74 Å². The van der Waals surface area contributed by atoms with Crippen LogP contribution in [-0.4, -0.2) is 50.1 Å². The first-order valence-corrected chi connectivity index (χ1v) is 8.39. The van der Waals surface area contributed by atoms with E-state index in [1.165, 1.54) is 26.4 Å². The second-order valence-corrected chi connectivity index (χ2v) is 6.04. The summed E-state index contributed by atoms with van der Waals surface area (Å²) in [4.78, 5) is 37.8. The number of imide groups is 1. The molecule has 27 heavy (non-hydrogen) atoms. The monoisotopic (exact) mass is 389 g/mol. The molecule has 0 radical (unpaired) electrons. The molecule has 1 aliphatic rings. The van der Waals surface area contributed by atoms with Crippen molar-refractivity contribution < 1.29 is 28.6 Å². The maximum absolute atomic E-state index is 12.3. The Morgan fingerprint density at radius 2 is 1.67 bits per heavy atom. The molecule has 0 saturated heterocycles. The standard InChI is InChI=1S/C19H16ClNO6/c1-25-15-10-11(9-14(20)16(15)26-2)19(24)27-8-7-21-17(22)12-5-3-4-6-13(12)18(21)23/h3-6,9-10H,7-8H2,1-2H3. The largest absolute Gasteiger partial charge is 0.493 e. The summed E-state index contributed by atoms with van der Waals surface area (Å²) in [7, 11) is 2.86. The molecule has 0 fully saturated rings. The molecule has 0 aliphatic carbocycles. The summed E-state index contributed by atoms with van der Waals surface area (Å²) in [5, 5.41) is 0.198. The maximum Gasteiger partial charge on any atom is 0.338 e. The maximum atomic E-state index is 12.3. The van der Waals surface area contributed by atoms with Crippen LogP contribution in [0, 0.1) is 0 Å². The predicted molar refractivity (Wildman–Crippen MR) is 96.6 cm³/mol. The van der Waals surface area contributed by atoms with Gasteiger partial charge < -0.3 is 14.2 Å². The molecule has 2 aromatic carbocycles. The van der Waals surface area contributed by atoms with Gasteiger partial charge in [-0.15, -0.1) is 0 Å². The Kier molecular flexibility index (Phi) is 5.32. The van der Waals surface area contributed by atoms with Crippen molar-refractivity contribution in [3.8, 4) is 11.5 Å². The number of hydrogen-bond donors (Lipinski definition) is 0. The van der Waals surface area contributed by atoms with Crippen molar-refractivity contribution in [3.05, 3.63) is 58.1 Å². The van der Waals surface area contributed by atoms with Gasteiger partial charge in [0.15, 0.2) is 11.5 Å². The molecule has 2 aromatic rings. The first kappa shape index (κ1) is 18.7. The van der Waals surface area contributed by atoms with E-state index in [9.17, 15) is 14.4 Å². The smallest absolute Gasteiger partial charge is 0.338 e. The number of fused-ring (bicyclic) bond motifs is 1.